The average Bonchev–Trinajstić information content (AvgIpc) is 2.80. The van der Waals surface area contributed by atoms with Crippen LogP contribution in [0.25, 0.3) is 10.9 Å². The second-order valence-electron chi connectivity index (χ2n) is 7.49. The Morgan fingerprint density at radius 2 is 1.56 bits per heavy atom. The second kappa shape index (κ2) is 9.66. The minimum absolute atomic E-state index is 0.0681. The second-order valence-corrected chi connectivity index (χ2v) is 7.93. The summed E-state index contributed by atoms with van der Waals surface area (Å²) in [5.74, 6) is -0.291. The number of nitrogens with one attached hydrogen (secondary N) is 1. The van der Waals surface area contributed by atoms with Crippen LogP contribution in [0.2, 0.25) is 5.02 Å². The number of nitrogens with zero attached hydrogens (tertiary/aromatic N) is 2. The van der Waals surface area contributed by atoms with Crippen molar-refractivity contribution in [2.75, 3.05) is 6.54 Å². The molecule has 0 saturated heterocycles. The van der Waals surface area contributed by atoms with E-state index in [0.717, 1.165) is 15.7 Å². The van der Waals surface area contributed by atoms with E-state index in [4.69, 9.17) is 11.6 Å². The van der Waals surface area contributed by atoms with Gasteiger partial charge in [-0.15, -0.1) is 0 Å². The Labute approximate surface area is 189 Å². The Morgan fingerprint density at radius 3 is 2.34 bits per heavy atom. The number of hydrogen-bond donors (Lipinski definition) is 1. The first-order valence-corrected chi connectivity index (χ1v) is 10.7. The van der Waals surface area contributed by atoms with Crippen molar-refractivity contribution in [1.82, 2.24) is 14.5 Å². The van der Waals surface area contributed by atoms with Gasteiger partial charge in [-0.25, -0.2) is 4.79 Å². The van der Waals surface area contributed by atoms with Crippen LogP contribution in [0.4, 0.5) is 0 Å². The van der Waals surface area contributed by atoms with Crippen LogP contribution in [-0.2, 0) is 24.3 Å². The smallest absolute Gasteiger partial charge is 0.332 e. The Bertz CT molecular complexity index is 1380. The molecule has 7 heteroatoms. The molecule has 0 aliphatic heterocycles. The first kappa shape index (κ1) is 21.6. The number of amides is 1. The normalized spacial score (nSPS) is 10.9. The molecular formula is C25H22ClN3O3. The van der Waals surface area contributed by atoms with Gasteiger partial charge in [-0.3, -0.25) is 18.7 Å². The van der Waals surface area contributed by atoms with Gasteiger partial charge < -0.3 is 5.32 Å². The fourth-order valence-electron chi connectivity index (χ4n) is 3.67. The van der Waals surface area contributed by atoms with Gasteiger partial charge in [0.25, 0.3) is 5.56 Å². The number of fused-ring (bicyclic) bond motifs is 1. The van der Waals surface area contributed by atoms with Crippen LogP contribution in [0.1, 0.15) is 11.1 Å². The molecule has 1 aromatic heterocycles. The van der Waals surface area contributed by atoms with Crippen LogP contribution >= 0.6 is 11.6 Å². The molecule has 1 heterocycles. The van der Waals surface area contributed by atoms with E-state index < -0.39 is 11.2 Å². The molecule has 0 radical (unpaired) electrons. The number of para-hydroxylation sites is 1. The van der Waals surface area contributed by atoms with Gasteiger partial charge in [-0.2, -0.15) is 0 Å². The third kappa shape index (κ3) is 4.81. The van der Waals surface area contributed by atoms with Crippen LogP contribution < -0.4 is 16.6 Å². The molecule has 6 nitrogen and oxygen atoms in total. The largest absolute Gasteiger partial charge is 0.354 e. The lowest BCUT2D eigenvalue weighted by Crippen LogP contribution is -2.43. The fraction of sp³-hybridized carbons (Fsp3) is 0.160. The van der Waals surface area contributed by atoms with Gasteiger partial charge in [-0.05, 0) is 41.8 Å². The Morgan fingerprint density at radius 1 is 0.844 bits per heavy atom. The molecule has 4 rings (SSSR count). The van der Waals surface area contributed by atoms with Crippen molar-refractivity contribution < 1.29 is 4.79 Å². The first-order valence-electron chi connectivity index (χ1n) is 10.3. The zero-order chi connectivity index (χ0) is 22.5. The molecule has 0 atom stereocenters. The molecule has 0 bridgehead atoms. The summed E-state index contributed by atoms with van der Waals surface area (Å²) in [6.45, 7) is 0.348. The minimum atomic E-state index is -0.535. The van der Waals surface area contributed by atoms with Crippen LogP contribution in [0.15, 0.2) is 88.5 Å². The highest BCUT2D eigenvalue weighted by molar-refractivity contribution is 6.30. The Kier molecular flexibility index (Phi) is 6.52. The molecule has 0 saturated carbocycles. The maximum absolute atomic E-state index is 13.2. The van der Waals surface area contributed by atoms with Gasteiger partial charge in [0.15, 0.2) is 0 Å². The van der Waals surface area contributed by atoms with Gasteiger partial charge >= 0.3 is 5.69 Å². The van der Waals surface area contributed by atoms with E-state index >= 15 is 0 Å². The summed E-state index contributed by atoms with van der Waals surface area (Å²) in [6.07, 6.45) is 0.691. The zero-order valence-electron chi connectivity index (χ0n) is 17.3. The number of rotatable bonds is 7. The van der Waals surface area contributed by atoms with E-state index in [1.165, 1.54) is 4.57 Å². The quantitative estimate of drug-likeness (QED) is 0.472. The van der Waals surface area contributed by atoms with E-state index in [9.17, 15) is 14.4 Å². The van der Waals surface area contributed by atoms with Crippen LogP contribution in [-0.4, -0.2) is 21.6 Å². The van der Waals surface area contributed by atoms with Gasteiger partial charge in [-0.1, -0.05) is 66.2 Å². The maximum Gasteiger partial charge on any atom is 0.332 e. The van der Waals surface area contributed by atoms with Crippen LogP contribution in [0.3, 0.4) is 0 Å². The van der Waals surface area contributed by atoms with E-state index in [1.807, 2.05) is 30.3 Å². The monoisotopic (exact) mass is 447 g/mol. The maximum atomic E-state index is 13.2. The van der Waals surface area contributed by atoms with Crippen molar-refractivity contribution in [3.8, 4) is 0 Å². The lowest BCUT2D eigenvalue weighted by molar-refractivity contribution is -0.121. The summed E-state index contributed by atoms with van der Waals surface area (Å²) in [5, 5.41) is 3.76. The van der Waals surface area contributed by atoms with Gasteiger partial charge in [0.05, 0.1) is 17.4 Å². The number of carbonyl (C=O) groups excluding carboxylic acids is 1. The van der Waals surface area contributed by atoms with E-state index in [2.05, 4.69) is 5.32 Å². The summed E-state index contributed by atoms with van der Waals surface area (Å²) < 4.78 is 2.49. The van der Waals surface area contributed by atoms with Crippen molar-refractivity contribution in [2.24, 2.45) is 0 Å². The lowest BCUT2D eigenvalue weighted by Gasteiger charge is -2.14. The molecule has 3 aromatic carbocycles. The SMILES string of the molecule is O=C(Cn1c(=O)n(Cc2cccc(Cl)c2)c(=O)c2ccccc21)NCCc1ccccc1. The predicted molar refractivity (Wildman–Crippen MR) is 126 cm³/mol. The van der Waals surface area contributed by atoms with Crippen LogP contribution in [0.5, 0.6) is 0 Å². The number of hydrogen-bond acceptors (Lipinski definition) is 3. The highest BCUT2D eigenvalue weighted by Gasteiger charge is 2.15. The number of aromatic nitrogens is 2. The number of benzene rings is 3. The zero-order valence-corrected chi connectivity index (χ0v) is 18.1. The molecule has 1 amide bonds. The molecule has 162 valence electrons. The standard InChI is InChI=1S/C25H22ClN3O3/c26-20-10-6-9-19(15-20)16-29-24(31)21-11-4-5-12-22(21)28(25(29)32)17-23(30)27-14-13-18-7-2-1-3-8-18/h1-12,15H,13-14,16-17H2,(H,27,30). The molecule has 4 aromatic rings. The van der Waals surface area contributed by atoms with Gasteiger partial charge in [0.2, 0.25) is 5.91 Å². The van der Waals surface area contributed by atoms with Crippen molar-refractivity contribution >= 4 is 28.4 Å². The topological polar surface area (TPSA) is 73.1 Å². The summed E-state index contributed by atoms with van der Waals surface area (Å²) >= 11 is 6.05. The molecule has 0 fully saturated rings. The molecule has 0 aliphatic carbocycles. The van der Waals surface area contributed by atoms with E-state index in [-0.39, 0.29) is 19.0 Å². The van der Waals surface area contributed by atoms with Crippen molar-refractivity contribution in [3.63, 3.8) is 0 Å². The predicted octanol–water partition coefficient (Wildman–Crippen LogP) is 3.22. The number of carbonyl (C=O) groups is 1. The van der Waals surface area contributed by atoms with E-state index in [1.54, 1.807) is 48.5 Å². The van der Waals surface area contributed by atoms with Crippen molar-refractivity contribution in [1.29, 1.82) is 0 Å². The summed E-state index contributed by atoms with van der Waals surface area (Å²) in [6, 6.07) is 23.7. The molecular weight excluding hydrogens is 426 g/mol. The Balaban J connectivity index is 1.62. The van der Waals surface area contributed by atoms with Gasteiger partial charge in [0, 0.05) is 11.6 Å². The highest BCUT2D eigenvalue weighted by Crippen LogP contribution is 2.12. The first-order chi connectivity index (χ1) is 15.5. The van der Waals surface area contributed by atoms with Crippen molar-refractivity contribution in [2.45, 2.75) is 19.5 Å². The molecule has 0 aliphatic rings. The summed E-state index contributed by atoms with van der Waals surface area (Å²) in [5.41, 5.74) is 1.34. The molecule has 32 heavy (non-hydrogen) atoms. The lowest BCUT2D eigenvalue weighted by atomic mass is 10.1. The molecule has 0 unspecified atom stereocenters. The Hall–Kier alpha value is -3.64. The van der Waals surface area contributed by atoms with Crippen LogP contribution in [0, 0.1) is 0 Å². The average molecular weight is 448 g/mol. The third-order valence-electron chi connectivity index (χ3n) is 5.24. The highest BCUT2D eigenvalue weighted by atomic mass is 35.5. The van der Waals surface area contributed by atoms with Crippen molar-refractivity contribution in [3.05, 3.63) is 116 Å². The number of halogens is 1. The molecule has 1 N–H and O–H groups in total. The third-order valence-corrected chi connectivity index (χ3v) is 5.48. The minimum Gasteiger partial charge on any atom is -0.354 e. The summed E-state index contributed by atoms with van der Waals surface area (Å²) in [7, 11) is 0. The fourth-order valence-corrected chi connectivity index (χ4v) is 3.88. The van der Waals surface area contributed by atoms with E-state index in [0.29, 0.717) is 28.9 Å². The molecule has 0 spiro atoms. The van der Waals surface area contributed by atoms with Gasteiger partial charge in [0.1, 0.15) is 6.54 Å². The summed E-state index contributed by atoms with van der Waals surface area (Å²) in [4.78, 5) is 38.9.